The Hall–Kier alpha value is -2.00. The minimum absolute atomic E-state index is 0.0620. The number of methoxy groups -OCH3 is 1. The molecule has 2 aromatic rings. The number of halogens is 1. The van der Waals surface area contributed by atoms with E-state index in [0.29, 0.717) is 11.6 Å². The van der Waals surface area contributed by atoms with E-state index in [-0.39, 0.29) is 5.91 Å². The minimum atomic E-state index is -0.432. The van der Waals surface area contributed by atoms with Crippen molar-refractivity contribution in [1.82, 2.24) is 5.32 Å². The first-order valence-corrected chi connectivity index (χ1v) is 7.70. The van der Waals surface area contributed by atoms with Gasteiger partial charge in [-0.1, -0.05) is 41.9 Å². The second kappa shape index (κ2) is 6.01. The third kappa shape index (κ3) is 2.81. The third-order valence-corrected chi connectivity index (χ3v) is 4.43. The highest BCUT2D eigenvalue weighted by Crippen LogP contribution is 2.51. The molecule has 0 atom stereocenters. The Morgan fingerprint density at radius 1 is 1.18 bits per heavy atom. The topological polar surface area (TPSA) is 38.3 Å². The molecular formula is C18H18ClNO2. The Kier molecular flexibility index (Phi) is 4.08. The molecule has 0 spiro atoms. The van der Waals surface area contributed by atoms with Gasteiger partial charge in [-0.2, -0.15) is 0 Å². The van der Waals surface area contributed by atoms with Gasteiger partial charge < -0.3 is 10.1 Å². The van der Waals surface area contributed by atoms with E-state index < -0.39 is 5.41 Å². The molecule has 2 aromatic carbocycles. The van der Waals surface area contributed by atoms with Gasteiger partial charge in [0, 0.05) is 17.1 Å². The zero-order chi connectivity index (χ0) is 15.6. The summed E-state index contributed by atoms with van der Waals surface area (Å²) in [6, 6.07) is 15.3. The molecule has 1 aliphatic rings. The van der Waals surface area contributed by atoms with Gasteiger partial charge in [-0.15, -0.1) is 0 Å². The van der Waals surface area contributed by atoms with Gasteiger partial charge in [0.15, 0.2) is 0 Å². The summed E-state index contributed by atoms with van der Waals surface area (Å²) in [5, 5.41) is 3.73. The molecule has 0 bridgehead atoms. The summed E-state index contributed by atoms with van der Waals surface area (Å²) < 4.78 is 5.40. The third-order valence-electron chi connectivity index (χ3n) is 4.17. The van der Waals surface area contributed by atoms with E-state index in [1.165, 1.54) is 0 Å². The van der Waals surface area contributed by atoms with Crippen molar-refractivity contribution in [1.29, 1.82) is 0 Å². The van der Waals surface area contributed by atoms with E-state index in [9.17, 15) is 4.79 Å². The van der Waals surface area contributed by atoms with Crippen molar-refractivity contribution in [3.8, 4) is 5.75 Å². The Morgan fingerprint density at radius 2 is 1.86 bits per heavy atom. The maximum atomic E-state index is 12.6. The van der Waals surface area contributed by atoms with E-state index in [2.05, 4.69) is 5.32 Å². The highest BCUT2D eigenvalue weighted by atomic mass is 35.5. The fourth-order valence-corrected chi connectivity index (χ4v) is 2.86. The van der Waals surface area contributed by atoms with Crippen LogP contribution >= 0.6 is 11.6 Å². The van der Waals surface area contributed by atoms with E-state index >= 15 is 0 Å². The normalized spacial score (nSPS) is 15.2. The fourth-order valence-electron chi connectivity index (χ4n) is 2.74. The van der Waals surface area contributed by atoms with Crippen LogP contribution in [0.3, 0.4) is 0 Å². The summed E-state index contributed by atoms with van der Waals surface area (Å²) in [6.45, 7) is 0.507. The van der Waals surface area contributed by atoms with Crippen molar-refractivity contribution in [2.24, 2.45) is 0 Å². The van der Waals surface area contributed by atoms with Crippen LogP contribution < -0.4 is 10.1 Å². The van der Waals surface area contributed by atoms with E-state index in [0.717, 1.165) is 29.7 Å². The smallest absolute Gasteiger partial charge is 0.231 e. The standard InChI is InChI=1S/C18H18ClNO2/c1-22-16-5-3-2-4-15(16)18(10-11-18)17(21)20-12-13-6-8-14(19)9-7-13/h2-9H,10-12H2,1H3,(H,20,21). The van der Waals surface area contributed by atoms with Gasteiger partial charge in [0.05, 0.1) is 12.5 Å². The summed E-state index contributed by atoms with van der Waals surface area (Å²) in [5.74, 6) is 0.841. The number of carbonyl (C=O) groups excluding carboxylic acids is 1. The van der Waals surface area contributed by atoms with Gasteiger partial charge in [-0.3, -0.25) is 4.79 Å². The molecule has 0 saturated heterocycles. The maximum Gasteiger partial charge on any atom is 0.231 e. The lowest BCUT2D eigenvalue weighted by Crippen LogP contribution is -2.34. The number of hydrogen-bond acceptors (Lipinski definition) is 2. The molecule has 114 valence electrons. The SMILES string of the molecule is COc1ccccc1C1(C(=O)NCc2ccc(Cl)cc2)CC1. The molecule has 3 rings (SSSR count). The summed E-state index contributed by atoms with van der Waals surface area (Å²) in [7, 11) is 1.64. The highest BCUT2D eigenvalue weighted by Gasteiger charge is 2.52. The molecule has 1 amide bonds. The Morgan fingerprint density at radius 3 is 2.50 bits per heavy atom. The van der Waals surface area contributed by atoms with Crippen LogP contribution in [0.5, 0.6) is 5.75 Å². The van der Waals surface area contributed by atoms with Gasteiger partial charge >= 0.3 is 0 Å². The lowest BCUT2D eigenvalue weighted by atomic mass is 9.94. The molecule has 3 nitrogen and oxygen atoms in total. The fraction of sp³-hybridized carbons (Fsp3) is 0.278. The van der Waals surface area contributed by atoms with Crippen molar-refractivity contribution in [3.05, 3.63) is 64.7 Å². The summed E-state index contributed by atoms with van der Waals surface area (Å²) in [4.78, 5) is 12.6. The molecule has 0 radical (unpaired) electrons. The number of benzene rings is 2. The van der Waals surface area contributed by atoms with Crippen LogP contribution in [0.25, 0.3) is 0 Å². The van der Waals surface area contributed by atoms with Crippen molar-refractivity contribution < 1.29 is 9.53 Å². The van der Waals surface area contributed by atoms with Gasteiger partial charge in [0.1, 0.15) is 5.75 Å². The molecule has 22 heavy (non-hydrogen) atoms. The number of para-hydroxylation sites is 1. The number of nitrogens with one attached hydrogen (secondary N) is 1. The van der Waals surface area contributed by atoms with Crippen LogP contribution in [-0.2, 0) is 16.8 Å². The van der Waals surface area contributed by atoms with Crippen LogP contribution in [0.4, 0.5) is 0 Å². The van der Waals surface area contributed by atoms with Crippen LogP contribution in [0.2, 0.25) is 5.02 Å². The molecule has 0 aliphatic heterocycles. The van der Waals surface area contributed by atoms with Crippen molar-refractivity contribution in [2.75, 3.05) is 7.11 Å². The highest BCUT2D eigenvalue weighted by molar-refractivity contribution is 6.30. The second-order valence-corrected chi connectivity index (χ2v) is 6.03. The van der Waals surface area contributed by atoms with Crippen molar-refractivity contribution in [2.45, 2.75) is 24.8 Å². The van der Waals surface area contributed by atoms with Crippen LogP contribution in [0, 0.1) is 0 Å². The zero-order valence-electron chi connectivity index (χ0n) is 12.4. The number of ether oxygens (including phenoxy) is 1. The predicted molar refractivity (Wildman–Crippen MR) is 87.2 cm³/mol. The number of carbonyl (C=O) groups is 1. The Bertz CT molecular complexity index is 678. The molecule has 1 N–H and O–H groups in total. The van der Waals surface area contributed by atoms with E-state index in [1.807, 2.05) is 48.5 Å². The first-order valence-electron chi connectivity index (χ1n) is 7.32. The Labute approximate surface area is 135 Å². The molecule has 0 aromatic heterocycles. The summed E-state index contributed by atoms with van der Waals surface area (Å²) in [5.41, 5.74) is 1.58. The average Bonchev–Trinajstić information content (AvgIpc) is 3.36. The molecule has 4 heteroatoms. The van der Waals surface area contributed by atoms with E-state index in [4.69, 9.17) is 16.3 Å². The summed E-state index contributed by atoms with van der Waals surface area (Å²) in [6.07, 6.45) is 1.72. The number of amides is 1. The van der Waals surface area contributed by atoms with Crippen LogP contribution in [0.1, 0.15) is 24.0 Å². The molecule has 1 aliphatic carbocycles. The Balaban J connectivity index is 1.73. The average molecular weight is 316 g/mol. The van der Waals surface area contributed by atoms with Crippen LogP contribution in [-0.4, -0.2) is 13.0 Å². The van der Waals surface area contributed by atoms with Gasteiger partial charge in [0.2, 0.25) is 5.91 Å². The monoisotopic (exact) mass is 315 g/mol. The number of rotatable bonds is 5. The quantitative estimate of drug-likeness (QED) is 0.913. The molecule has 1 fully saturated rings. The van der Waals surface area contributed by atoms with Crippen LogP contribution in [0.15, 0.2) is 48.5 Å². The van der Waals surface area contributed by atoms with Crippen molar-refractivity contribution in [3.63, 3.8) is 0 Å². The molecule has 0 unspecified atom stereocenters. The maximum absolute atomic E-state index is 12.6. The first kappa shape index (κ1) is 14.9. The number of hydrogen-bond donors (Lipinski definition) is 1. The zero-order valence-corrected chi connectivity index (χ0v) is 13.2. The molecular weight excluding hydrogens is 298 g/mol. The molecule has 0 heterocycles. The minimum Gasteiger partial charge on any atom is -0.496 e. The van der Waals surface area contributed by atoms with E-state index in [1.54, 1.807) is 7.11 Å². The van der Waals surface area contributed by atoms with Gasteiger partial charge in [-0.25, -0.2) is 0 Å². The van der Waals surface area contributed by atoms with Crippen molar-refractivity contribution >= 4 is 17.5 Å². The predicted octanol–water partition coefficient (Wildman–Crippen LogP) is 3.70. The lowest BCUT2D eigenvalue weighted by molar-refractivity contribution is -0.123. The lowest BCUT2D eigenvalue weighted by Gasteiger charge is -2.18. The van der Waals surface area contributed by atoms with Gasteiger partial charge in [-0.05, 0) is 36.6 Å². The molecule has 1 saturated carbocycles. The summed E-state index contributed by atoms with van der Waals surface area (Å²) >= 11 is 5.87. The van der Waals surface area contributed by atoms with Gasteiger partial charge in [0.25, 0.3) is 0 Å². The second-order valence-electron chi connectivity index (χ2n) is 5.59. The largest absolute Gasteiger partial charge is 0.496 e. The first-order chi connectivity index (χ1) is 10.7.